The van der Waals surface area contributed by atoms with Gasteiger partial charge in [0.15, 0.2) is 11.5 Å². The summed E-state index contributed by atoms with van der Waals surface area (Å²) in [6.45, 7) is 1.90. The smallest absolute Gasteiger partial charge is 0.343 e. The molecule has 0 fully saturated rings. The molecule has 0 heterocycles. The molecule has 118 valence electrons. The molecule has 0 radical (unpaired) electrons. The Hall–Kier alpha value is -3.15. The normalized spacial score (nSPS) is 10.5. The number of hydrogen-bond acceptors (Lipinski definition) is 5. The minimum absolute atomic E-state index is 0.0881. The predicted molar refractivity (Wildman–Crippen MR) is 85.8 cm³/mol. The number of ether oxygens (including phenoxy) is 2. The van der Waals surface area contributed by atoms with Gasteiger partial charge in [-0.15, -0.1) is 0 Å². The van der Waals surface area contributed by atoms with Crippen LogP contribution in [0.4, 0.5) is 5.69 Å². The second-order valence-corrected chi connectivity index (χ2v) is 4.60. The molecule has 6 heteroatoms. The van der Waals surface area contributed by atoms with Crippen molar-refractivity contribution < 1.29 is 19.2 Å². The van der Waals surface area contributed by atoms with Gasteiger partial charge in [0.25, 0.3) is 5.69 Å². The summed E-state index contributed by atoms with van der Waals surface area (Å²) in [6.07, 6.45) is 3.78. The van der Waals surface area contributed by atoms with Crippen LogP contribution >= 0.6 is 0 Å². The lowest BCUT2D eigenvalue weighted by Gasteiger charge is -2.10. The first kappa shape index (κ1) is 16.2. The maximum Gasteiger partial charge on any atom is 0.343 e. The molecule has 0 bridgehead atoms. The summed E-state index contributed by atoms with van der Waals surface area (Å²) in [7, 11) is 1.48. The monoisotopic (exact) mass is 313 g/mol. The molecular formula is C17H15NO5. The van der Waals surface area contributed by atoms with Crippen LogP contribution in [0.1, 0.15) is 22.8 Å². The molecular weight excluding hydrogens is 298 g/mol. The Morgan fingerprint density at radius 2 is 1.83 bits per heavy atom. The van der Waals surface area contributed by atoms with Gasteiger partial charge in [0.2, 0.25) is 0 Å². The van der Waals surface area contributed by atoms with E-state index in [0.717, 1.165) is 5.56 Å². The zero-order valence-electron chi connectivity index (χ0n) is 12.7. The maximum absolute atomic E-state index is 12.1. The fourth-order valence-electron chi connectivity index (χ4n) is 1.94. The predicted octanol–water partition coefficient (Wildman–Crippen LogP) is 3.86. The number of carbonyl (C=O) groups excluding carboxylic acids is 1. The third kappa shape index (κ3) is 3.94. The number of nitro benzene ring substituents is 1. The van der Waals surface area contributed by atoms with Crippen LogP contribution in [0.25, 0.3) is 6.08 Å². The van der Waals surface area contributed by atoms with E-state index in [2.05, 4.69) is 0 Å². The van der Waals surface area contributed by atoms with E-state index >= 15 is 0 Å². The third-order valence-corrected chi connectivity index (χ3v) is 3.06. The Morgan fingerprint density at radius 3 is 2.39 bits per heavy atom. The number of methoxy groups -OCH3 is 1. The van der Waals surface area contributed by atoms with Gasteiger partial charge in [-0.2, -0.15) is 0 Å². The lowest BCUT2D eigenvalue weighted by Crippen LogP contribution is -2.09. The molecule has 0 spiro atoms. The number of nitro groups is 1. The first-order valence-electron chi connectivity index (χ1n) is 6.82. The highest BCUT2D eigenvalue weighted by Gasteiger charge is 2.14. The number of nitrogens with zero attached hydrogens (tertiary/aromatic N) is 1. The first-order chi connectivity index (χ1) is 11.0. The van der Waals surface area contributed by atoms with Gasteiger partial charge >= 0.3 is 5.97 Å². The highest BCUT2D eigenvalue weighted by atomic mass is 16.6. The number of benzene rings is 2. The van der Waals surface area contributed by atoms with E-state index in [-0.39, 0.29) is 17.0 Å². The minimum atomic E-state index is -0.614. The summed E-state index contributed by atoms with van der Waals surface area (Å²) >= 11 is 0. The lowest BCUT2D eigenvalue weighted by molar-refractivity contribution is -0.384. The zero-order chi connectivity index (χ0) is 16.8. The molecule has 0 aliphatic heterocycles. The van der Waals surface area contributed by atoms with Crippen LogP contribution in [0.15, 0.2) is 48.5 Å². The summed E-state index contributed by atoms with van der Waals surface area (Å²) < 4.78 is 10.5. The van der Waals surface area contributed by atoms with Crippen LogP contribution in [-0.2, 0) is 0 Å². The van der Waals surface area contributed by atoms with Crippen LogP contribution in [-0.4, -0.2) is 18.0 Å². The molecule has 0 saturated carbocycles. The quantitative estimate of drug-likeness (QED) is 0.362. The van der Waals surface area contributed by atoms with Crippen LogP contribution in [0.3, 0.4) is 0 Å². The van der Waals surface area contributed by atoms with Crippen molar-refractivity contribution in [1.82, 2.24) is 0 Å². The number of carbonyl (C=O) groups is 1. The van der Waals surface area contributed by atoms with Crippen molar-refractivity contribution in [2.75, 3.05) is 7.11 Å². The third-order valence-electron chi connectivity index (χ3n) is 3.06. The Morgan fingerprint density at radius 1 is 1.13 bits per heavy atom. The van der Waals surface area contributed by atoms with Gasteiger partial charge in [-0.25, -0.2) is 4.79 Å². The summed E-state index contributed by atoms with van der Waals surface area (Å²) in [4.78, 5) is 22.2. The topological polar surface area (TPSA) is 78.7 Å². The van der Waals surface area contributed by atoms with Crippen molar-refractivity contribution >= 4 is 17.7 Å². The van der Waals surface area contributed by atoms with Crippen molar-refractivity contribution in [1.29, 1.82) is 0 Å². The molecule has 2 aromatic rings. The van der Waals surface area contributed by atoms with E-state index in [1.807, 2.05) is 19.1 Å². The van der Waals surface area contributed by atoms with Crippen LogP contribution in [0, 0.1) is 10.1 Å². The average Bonchev–Trinajstić information content (AvgIpc) is 2.56. The fraction of sp³-hybridized carbons (Fsp3) is 0.118. The van der Waals surface area contributed by atoms with E-state index in [1.165, 1.54) is 31.4 Å². The zero-order valence-corrected chi connectivity index (χ0v) is 12.7. The van der Waals surface area contributed by atoms with E-state index < -0.39 is 10.9 Å². The van der Waals surface area contributed by atoms with Crippen molar-refractivity contribution in [2.45, 2.75) is 6.92 Å². The Balaban J connectivity index is 2.20. The van der Waals surface area contributed by atoms with E-state index in [4.69, 9.17) is 9.47 Å². The average molecular weight is 313 g/mol. The summed E-state index contributed by atoms with van der Waals surface area (Å²) in [6, 6.07) is 10.4. The van der Waals surface area contributed by atoms with Crippen molar-refractivity contribution in [3.63, 3.8) is 0 Å². The number of rotatable bonds is 5. The van der Waals surface area contributed by atoms with Crippen LogP contribution in [0.2, 0.25) is 0 Å². The molecule has 2 aromatic carbocycles. The molecule has 2 rings (SSSR count). The lowest BCUT2D eigenvalue weighted by atomic mass is 10.2. The molecule has 6 nitrogen and oxygen atoms in total. The second kappa shape index (κ2) is 7.22. The van der Waals surface area contributed by atoms with Crippen molar-refractivity contribution in [3.05, 3.63) is 69.8 Å². The number of non-ortho nitro benzene ring substituents is 1. The Labute approximate surface area is 133 Å². The van der Waals surface area contributed by atoms with E-state index in [9.17, 15) is 14.9 Å². The van der Waals surface area contributed by atoms with E-state index in [0.29, 0.717) is 5.75 Å². The van der Waals surface area contributed by atoms with Gasteiger partial charge in [-0.05, 0) is 36.8 Å². The van der Waals surface area contributed by atoms with Crippen molar-refractivity contribution in [2.24, 2.45) is 0 Å². The van der Waals surface area contributed by atoms with Gasteiger partial charge < -0.3 is 9.47 Å². The minimum Gasteiger partial charge on any atom is -0.493 e. The number of esters is 1. The van der Waals surface area contributed by atoms with Crippen LogP contribution < -0.4 is 9.47 Å². The fourth-order valence-corrected chi connectivity index (χ4v) is 1.94. The maximum atomic E-state index is 12.1. The van der Waals surface area contributed by atoms with Gasteiger partial charge in [0.1, 0.15) is 0 Å². The molecule has 0 amide bonds. The van der Waals surface area contributed by atoms with Crippen molar-refractivity contribution in [3.8, 4) is 11.5 Å². The van der Waals surface area contributed by atoms with Gasteiger partial charge in [0.05, 0.1) is 17.6 Å². The summed E-state index contributed by atoms with van der Waals surface area (Å²) in [5, 5.41) is 10.6. The highest BCUT2D eigenvalue weighted by molar-refractivity contribution is 5.91. The molecule has 0 aliphatic carbocycles. The van der Waals surface area contributed by atoms with E-state index in [1.54, 1.807) is 18.2 Å². The number of hydrogen-bond donors (Lipinski definition) is 0. The Bertz CT molecular complexity index is 750. The summed E-state index contributed by atoms with van der Waals surface area (Å²) in [5.41, 5.74) is 1.05. The molecule has 0 unspecified atom stereocenters. The molecule has 23 heavy (non-hydrogen) atoms. The molecule has 0 aliphatic rings. The highest BCUT2D eigenvalue weighted by Crippen LogP contribution is 2.29. The van der Waals surface area contributed by atoms with Gasteiger partial charge in [-0.3, -0.25) is 10.1 Å². The Kier molecular flexibility index (Phi) is 5.09. The first-order valence-corrected chi connectivity index (χ1v) is 6.82. The van der Waals surface area contributed by atoms with Gasteiger partial charge in [0, 0.05) is 12.1 Å². The molecule has 0 saturated heterocycles. The molecule has 0 atom stereocenters. The number of allylic oxidation sites excluding steroid dienone is 1. The molecule has 0 aromatic heterocycles. The second-order valence-electron chi connectivity index (χ2n) is 4.60. The summed E-state index contributed by atoms with van der Waals surface area (Å²) in [5.74, 6) is 0.0944. The van der Waals surface area contributed by atoms with Gasteiger partial charge in [-0.1, -0.05) is 18.2 Å². The largest absolute Gasteiger partial charge is 0.493 e. The standard InChI is InChI=1S/C17H15NO5/c1-3-4-12-5-10-15(16(11-12)22-2)23-17(19)13-6-8-14(9-7-13)18(20)21/h3-11H,1-2H3. The van der Waals surface area contributed by atoms with Crippen LogP contribution in [0.5, 0.6) is 11.5 Å². The SMILES string of the molecule is CC=Cc1ccc(OC(=O)c2ccc([N+](=O)[O-])cc2)c(OC)c1. The molecule has 0 N–H and O–H groups in total.